The predicted octanol–water partition coefficient (Wildman–Crippen LogP) is 6.51. The van der Waals surface area contributed by atoms with Crippen LogP contribution in [-0.4, -0.2) is 17.6 Å². The molecule has 0 aromatic heterocycles. The Hall–Kier alpha value is -2.13. The zero-order valence-corrected chi connectivity index (χ0v) is 17.5. The van der Waals surface area contributed by atoms with Gasteiger partial charge < -0.3 is 10.8 Å². The number of carboxylic acid groups (broad SMARTS) is 1. The highest BCUT2D eigenvalue weighted by Crippen LogP contribution is 2.10. The van der Waals surface area contributed by atoms with Gasteiger partial charge in [-0.3, -0.25) is 4.79 Å². The molecule has 0 saturated carbocycles. The fourth-order valence-corrected chi connectivity index (χ4v) is 2.52. The van der Waals surface area contributed by atoms with Crippen molar-refractivity contribution in [2.75, 3.05) is 6.54 Å². The van der Waals surface area contributed by atoms with Gasteiger partial charge in [-0.1, -0.05) is 79.8 Å². The van der Waals surface area contributed by atoms with Crippen LogP contribution < -0.4 is 5.73 Å². The molecule has 0 aromatic carbocycles. The quantitative estimate of drug-likeness (QED) is 0.280. The van der Waals surface area contributed by atoms with E-state index >= 15 is 0 Å². The standard InChI is InChI=1S/C25H39NO2/c1-2-3-4-5-6-7-8-9-10-11-12-13-14-15-16-17-18-19-20-21-24(23-26)22-25(27)28/h3-4,6-7,9-10,12-13,15-16,18-19,24H,2,5,8,11,14,17,20-23,26H2,1H3,(H,27,28)/b4-3-,7-6-,10-9-,13-12-,16-15-,19-18-. The molecule has 0 fully saturated rings. The van der Waals surface area contributed by atoms with Crippen molar-refractivity contribution >= 4 is 5.97 Å². The summed E-state index contributed by atoms with van der Waals surface area (Å²) in [4.78, 5) is 10.7. The van der Waals surface area contributed by atoms with Gasteiger partial charge in [0, 0.05) is 6.42 Å². The van der Waals surface area contributed by atoms with Crippen molar-refractivity contribution in [2.24, 2.45) is 11.7 Å². The monoisotopic (exact) mass is 385 g/mol. The number of nitrogens with two attached hydrogens (primary N) is 1. The maximum absolute atomic E-state index is 10.7. The second-order valence-corrected chi connectivity index (χ2v) is 6.69. The summed E-state index contributed by atoms with van der Waals surface area (Å²) in [5.41, 5.74) is 5.59. The minimum absolute atomic E-state index is 0.0795. The Bertz CT molecular complexity index is 539. The summed E-state index contributed by atoms with van der Waals surface area (Å²) >= 11 is 0. The van der Waals surface area contributed by atoms with Crippen molar-refractivity contribution in [1.82, 2.24) is 0 Å². The molecule has 0 bridgehead atoms. The minimum Gasteiger partial charge on any atom is -0.481 e. The number of carbonyl (C=O) groups is 1. The molecule has 3 heteroatoms. The van der Waals surface area contributed by atoms with Crippen molar-refractivity contribution in [1.29, 1.82) is 0 Å². The smallest absolute Gasteiger partial charge is 0.303 e. The average molecular weight is 386 g/mol. The van der Waals surface area contributed by atoms with Gasteiger partial charge in [0.1, 0.15) is 0 Å². The van der Waals surface area contributed by atoms with Crippen LogP contribution in [0.15, 0.2) is 72.9 Å². The van der Waals surface area contributed by atoms with Crippen LogP contribution in [0.1, 0.15) is 64.7 Å². The second kappa shape index (κ2) is 21.2. The Kier molecular flexibility index (Phi) is 19.6. The summed E-state index contributed by atoms with van der Waals surface area (Å²) in [5, 5.41) is 8.78. The molecule has 0 aliphatic heterocycles. The maximum atomic E-state index is 10.7. The summed E-state index contributed by atoms with van der Waals surface area (Å²) in [7, 11) is 0. The van der Waals surface area contributed by atoms with Crippen LogP contribution in [-0.2, 0) is 4.79 Å². The lowest BCUT2D eigenvalue weighted by Gasteiger charge is -2.09. The lowest BCUT2D eigenvalue weighted by atomic mass is 9.99. The normalized spacial score (nSPS) is 14.1. The molecule has 3 N–H and O–H groups in total. The molecule has 0 aromatic rings. The molecule has 0 heterocycles. The van der Waals surface area contributed by atoms with Gasteiger partial charge in [-0.05, 0) is 63.8 Å². The first kappa shape index (κ1) is 25.9. The Labute approximate surface area is 172 Å². The predicted molar refractivity (Wildman–Crippen MR) is 122 cm³/mol. The highest BCUT2D eigenvalue weighted by Gasteiger charge is 2.09. The van der Waals surface area contributed by atoms with Crippen molar-refractivity contribution < 1.29 is 9.90 Å². The summed E-state index contributed by atoms with van der Waals surface area (Å²) in [6.45, 7) is 2.59. The molecule has 1 unspecified atom stereocenters. The van der Waals surface area contributed by atoms with Gasteiger partial charge in [0.2, 0.25) is 0 Å². The van der Waals surface area contributed by atoms with Crippen molar-refractivity contribution in [3.8, 4) is 0 Å². The van der Waals surface area contributed by atoms with E-state index in [1.54, 1.807) is 0 Å². The highest BCUT2D eigenvalue weighted by molar-refractivity contribution is 5.67. The van der Waals surface area contributed by atoms with Crippen LogP contribution in [0.25, 0.3) is 0 Å². The largest absolute Gasteiger partial charge is 0.481 e. The zero-order valence-electron chi connectivity index (χ0n) is 17.5. The first-order valence-electron chi connectivity index (χ1n) is 10.5. The lowest BCUT2D eigenvalue weighted by molar-refractivity contribution is -0.138. The van der Waals surface area contributed by atoms with Crippen LogP contribution in [0.3, 0.4) is 0 Å². The number of hydrogen-bond donors (Lipinski definition) is 2. The van der Waals surface area contributed by atoms with Crippen molar-refractivity contribution in [3.05, 3.63) is 72.9 Å². The molecule has 156 valence electrons. The van der Waals surface area contributed by atoms with E-state index in [9.17, 15) is 4.79 Å². The van der Waals surface area contributed by atoms with E-state index in [1.807, 2.05) is 0 Å². The van der Waals surface area contributed by atoms with Crippen LogP contribution >= 0.6 is 0 Å². The van der Waals surface area contributed by atoms with E-state index in [-0.39, 0.29) is 12.3 Å². The van der Waals surface area contributed by atoms with E-state index in [0.29, 0.717) is 6.54 Å². The Morgan fingerprint density at radius 2 is 1.14 bits per heavy atom. The van der Waals surface area contributed by atoms with Gasteiger partial charge in [-0.25, -0.2) is 0 Å². The molecular weight excluding hydrogens is 346 g/mol. The molecule has 0 aliphatic carbocycles. The fourth-order valence-electron chi connectivity index (χ4n) is 2.52. The van der Waals surface area contributed by atoms with E-state index in [4.69, 9.17) is 10.8 Å². The summed E-state index contributed by atoms with van der Waals surface area (Å²) in [6, 6.07) is 0. The Morgan fingerprint density at radius 1 is 0.750 bits per heavy atom. The molecule has 28 heavy (non-hydrogen) atoms. The van der Waals surface area contributed by atoms with Gasteiger partial charge in [0.05, 0.1) is 0 Å². The molecular formula is C25H39NO2. The molecule has 0 amide bonds. The molecule has 3 nitrogen and oxygen atoms in total. The fraction of sp³-hybridized carbons (Fsp3) is 0.480. The van der Waals surface area contributed by atoms with E-state index in [0.717, 1.165) is 51.4 Å². The number of allylic oxidation sites excluding steroid dienone is 12. The lowest BCUT2D eigenvalue weighted by Crippen LogP contribution is -2.17. The van der Waals surface area contributed by atoms with Gasteiger partial charge in [0.25, 0.3) is 0 Å². The third-order valence-electron chi connectivity index (χ3n) is 4.13. The minimum atomic E-state index is -0.766. The Morgan fingerprint density at radius 3 is 1.50 bits per heavy atom. The van der Waals surface area contributed by atoms with Gasteiger partial charge in [0.15, 0.2) is 0 Å². The third kappa shape index (κ3) is 20.2. The number of carboxylic acids is 1. The Balaban J connectivity index is 3.64. The SMILES string of the molecule is CC/C=C\C/C=C\C/C=C\C/C=C\C/C=C\C/C=C\CCC(CN)CC(=O)O. The van der Waals surface area contributed by atoms with Crippen LogP contribution in [0.4, 0.5) is 0 Å². The van der Waals surface area contributed by atoms with Crippen LogP contribution in [0.5, 0.6) is 0 Å². The molecule has 0 aliphatic rings. The average Bonchev–Trinajstić information content (AvgIpc) is 2.68. The number of rotatable bonds is 17. The molecule has 0 radical (unpaired) electrons. The second-order valence-electron chi connectivity index (χ2n) is 6.69. The highest BCUT2D eigenvalue weighted by atomic mass is 16.4. The van der Waals surface area contributed by atoms with Crippen LogP contribution in [0, 0.1) is 5.92 Å². The molecule has 1 atom stereocenters. The van der Waals surface area contributed by atoms with E-state index < -0.39 is 5.97 Å². The van der Waals surface area contributed by atoms with E-state index in [1.165, 1.54) is 0 Å². The van der Waals surface area contributed by atoms with Gasteiger partial charge in [-0.2, -0.15) is 0 Å². The van der Waals surface area contributed by atoms with Gasteiger partial charge >= 0.3 is 5.97 Å². The topological polar surface area (TPSA) is 63.3 Å². The molecule has 0 saturated heterocycles. The molecule has 0 spiro atoms. The van der Waals surface area contributed by atoms with Crippen molar-refractivity contribution in [2.45, 2.75) is 64.7 Å². The number of hydrogen-bond acceptors (Lipinski definition) is 2. The maximum Gasteiger partial charge on any atom is 0.303 e. The number of aliphatic carboxylic acids is 1. The summed E-state index contributed by atoms with van der Waals surface area (Å²) in [5.74, 6) is -0.686. The van der Waals surface area contributed by atoms with E-state index in [2.05, 4.69) is 79.8 Å². The van der Waals surface area contributed by atoms with Crippen molar-refractivity contribution in [3.63, 3.8) is 0 Å². The zero-order chi connectivity index (χ0) is 20.7. The van der Waals surface area contributed by atoms with Gasteiger partial charge in [-0.15, -0.1) is 0 Å². The molecule has 0 rings (SSSR count). The van der Waals surface area contributed by atoms with Crippen LogP contribution in [0.2, 0.25) is 0 Å². The summed E-state index contributed by atoms with van der Waals surface area (Å²) < 4.78 is 0. The first-order valence-corrected chi connectivity index (χ1v) is 10.5. The third-order valence-corrected chi connectivity index (χ3v) is 4.13. The first-order chi connectivity index (χ1) is 13.7. The summed E-state index contributed by atoms with van der Waals surface area (Å²) in [6.07, 6.45) is 34.1.